The van der Waals surface area contributed by atoms with Gasteiger partial charge in [-0.25, -0.2) is 0 Å². The molecule has 2 aromatic heterocycles. The quantitative estimate of drug-likeness (QED) is 0.776. The summed E-state index contributed by atoms with van der Waals surface area (Å²) in [5.74, 6) is 0. The number of rotatable bonds is 3. The first-order valence-corrected chi connectivity index (χ1v) is 6.33. The van der Waals surface area contributed by atoms with E-state index in [4.69, 9.17) is 5.73 Å². The summed E-state index contributed by atoms with van der Waals surface area (Å²) in [4.78, 5) is 8.49. The van der Waals surface area contributed by atoms with Gasteiger partial charge in [-0.05, 0) is 35.7 Å². The number of fused-ring (bicyclic) bond motifs is 1. The predicted octanol–water partition coefficient (Wildman–Crippen LogP) is 2.87. The molecule has 0 spiro atoms. The average molecular weight is 249 g/mol. The molecule has 1 aromatic carbocycles. The van der Waals surface area contributed by atoms with E-state index < -0.39 is 0 Å². The second kappa shape index (κ2) is 5.16. The van der Waals surface area contributed by atoms with Crippen LogP contribution in [-0.2, 0) is 6.42 Å². The molecule has 3 aromatic rings. The van der Waals surface area contributed by atoms with E-state index in [1.807, 2.05) is 48.8 Å². The van der Waals surface area contributed by atoms with Gasteiger partial charge < -0.3 is 5.73 Å². The normalized spacial score (nSPS) is 12.5. The fourth-order valence-electron chi connectivity index (χ4n) is 2.28. The van der Waals surface area contributed by atoms with Gasteiger partial charge in [-0.2, -0.15) is 0 Å². The maximum absolute atomic E-state index is 6.26. The van der Waals surface area contributed by atoms with Gasteiger partial charge in [-0.1, -0.05) is 24.3 Å². The summed E-state index contributed by atoms with van der Waals surface area (Å²) in [6.07, 6.45) is 6.22. The van der Waals surface area contributed by atoms with Crippen LogP contribution in [0.4, 0.5) is 0 Å². The van der Waals surface area contributed by atoms with Crippen molar-refractivity contribution in [1.82, 2.24) is 9.97 Å². The SMILES string of the molecule is NC(Cc1ccnc2ccccc12)c1cccnc1. The topological polar surface area (TPSA) is 51.8 Å². The lowest BCUT2D eigenvalue weighted by atomic mass is 9.98. The third kappa shape index (κ3) is 2.46. The van der Waals surface area contributed by atoms with Gasteiger partial charge in [0.15, 0.2) is 0 Å². The Balaban J connectivity index is 1.94. The number of hydrogen-bond donors (Lipinski definition) is 1. The van der Waals surface area contributed by atoms with Gasteiger partial charge in [0.2, 0.25) is 0 Å². The molecule has 3 rings (SSSR count). The summed E-state index contributed by atoms with van der Waals surface area (Å²) in [5, 5.41) is 1.17. The molecular formula is C16H15N3. The first-order chi connectivity index (χ1) is 9.34. The molecule has 1 unspecified atom stereocenters. The Bertz CT molecular complexity index is 674. The smallest absolute Gasteiger partial charge is 0.0704 e. The molecule has 0 fully saturated rings. The maximum atomic E-state index is 6.26. The number of benzene rings is 1. The zero-order valence-corrected chi connectivity index (χ0v) is 10.5. The lowest BCUT2D eigenvalue weighted by Crippen LogP contribution is -2.13. The summed E-state index contributed by atoms with van der Waals surface area (Å²) in [6, 6.07) is 14.1. The molecule has 0 bridgehead atoms. The van der Waals surface area contributed by atoms with E-state index in [1.54, 1.807) is 6.20 Å². The summed E-state index contributed by atoms with van der Waals surface area (Å²) >= 11 is 0. The summed E-state index contributed by atoms with van der Waals surface area (Å²) in [7, 11) is 0. The molecule has 94 valence electrons. The van der Waals surface area contributed by atoms with Crippen LogP contribution in [0.3, 0.4) is 0 Å². The molecule has 0 amide bonds. The number of nitrogens with two attached hydrogens (primary N) is 1. The van der Waals surface area contributed by atoms with E-state index >= 15 is 0 Å². The van der Waals surface area contributed by atoms with E-state index in [1.165, 1.54) is 10.9 Å². The third-order valence-electron chi connectivity index (χ3n) is 3.29. The van der Waals surface area contributed by atoms with Crippen molar-refractivity contribution in [1.29, 1.82) is 0 Å². The zero-order chi connectivity index (χ0) is 13.1. The fraction of sp³-hybridized carbons (Fsp3) is 0.125. The van der Waals surface area contributed by atoms with Crippen LogP contribution >= 0.6 is 0 Å². The minimum atomic E-state index is -0.0421. The average Bonchev–Trinajstić information content (AvgIpc) is 2.48. The number of aromatic nitrogens is 2. The monoisotopic (exact) mass is 249 g/mol. The minimum Gasteiger partial charge on any atom is -0.324 e. The highest BCUT2D eigenvalue weighted by Crippen LogP contribution is 2.21. The summed E-state index contributed by atoms with van der Waals surface area (Å²) in [5.41, 5.74) is 9.55. The molecule has 2 heterocycles. The molecular weight excluding hydrogens is 234 g/mol. The Morgan fingerprint density at radius 3 is 2.74 bits per heavy atom. The van der Waals surface area contributed by atoms with Gasteiger partial charge in [0, 0.05) is 30.0 Å². The molecule has 0 aliphatic heterocycles. The number of hydrogen-bond acceptors (Lipinski definition) is 3. The van der Waals surface area contributed by atoms with Gasteiger partial charge in [0.1, 0.15) is 0 Å². The zero-order valence-electron chi connectivity index (χ0n) is 10.5. The van der Waals surface area contributed by atoms with Gasteiger partial charge in [-0.3, -0.25) is 9.97 Å². The molecule has 0 radical (unpaired) electrons. The van der Waals surface area contributed by atoms with Crippen molar-refractivity contribution in [3.8, 4) is 0 Å². The number of nitrogens with zero attached hydrogens (tertiary/aromatic N) is 2. The number of pyridine rings is 2. The molecule has 0 aliphatic carbocycles. The van der Waals surface area contributed by atoms with Gasteiger partial charge in [0.05, 0.1) is 5.52 Å². The Morgan fingerprint density at radius 1 is 1.00 bits per heavy atom. The van der Waals surface area contributed by atoms with Crippen LogP contribution in [0.2, 0.25) is 0 Å². The van der Waals surface area contributed by atoms with Gasteiger partial charge >= 0.3 is 0 Å². The lowest BCUT2D eigenvalue weighted by Gasteiger charge is -2.13. The van der Waals surface area contributed by atoms with Crippen molar-refractivity contribution in [3.05, 3.63) is 72.2 Å². The van der Waals surface area contributed by atoms with Crippen LogP contribution < -0.4 is 5.73 Å². The van der Waals surface area contributed by atoms with Gasteiger partial charge in [-0.15, -0.1) is 0 Å². The van der Waals surface area contributed by atoms with Crippen LogP contribution in [0.1, 0.15) is 17.2 Å². The van der Waals surface area contributed by atoms with E-state index in [2.05, 4.69) is 16.0 Å². The summed E-state index contributed by atoms with van der Waals surface area (Å²) in [6.45, 7) is 0. The van der Waals surface area contributed by atoms with Crippen molar-refractivity contribution in [2.24, 2.45) is 5.73 Å². The van der Waals surface area contributed by atoms with E-state index in [9.17, 15) is 0 Å². The second-order valence-electron chi connectivity index (χ2n) is 4.58. The molecule has 2 N–H and O–H groups in total. The van der Waals surface area contributed by atoms with Crippen LogP contribution in [0.25, 0.3) is 10.9 Å². The van der Waals surface area contributed by atoms with Crippen molar-refractivity contribution < 1.29 is 0 Å². The molecule has 0 saturated carbocycles. The summed E-state index contributed by atoms with van der Waals surface area (Å²) < 4.78 is 0. The highest BCUT2D eigenvalue weighted by Gasteiger charge is 2.09. The lowest BCUT2D eigenvalue weighted by molar-refractivity contribution is 0.721. The van der Waals surface area contributed by atoms with E-state index in [-0.39, 0.29) is 6.04 Å². The van der Waals surface area contributed by atoms with E-state index in [0.29, 0.717) is 0 Å². The van der Waals surface area contributed by atoms with Crippen molar-refractivity contribution in [2.75, 3.05) is 0 Å². The molecule has 1 atom stereocenters. The minimum absolute atomic E-state index is 0.0421. The Kier molecular flexibility index (Phi) is 3.21. The standard InChI is InChI=1S/C16H15N3/c17-15(13-4-3-8-18-11-13)10-12-7-9-19-16-6-2-1-5-14(12)16/h1-9,11,15H,10,17H2. The van der Waals surface area contributed by atoms with Crippen LogP contribution in [-0.4, -0.2) is 9.97 Å². The first-order valence-electron chi connectivity index (χ1n) is 6.33. The van der Waals surface area contributed by atoms with Gasteiger partial charge in [0.25, 0.3) is 0 Å². The fourth-order valence-corrected chi connectivity index (χ4v) is 2.28. The molecule has 3 nitrogen and oxygen atoms in total. The Hall–Kier alpha value is -2.26. The van der Waals surface area contributed by atoms with Crippen molar-refractivity contribution >= 4 is 10.9 Å². The molecule has 0 aliphatic rings. The Morgan fingerprint density at radius 2 is 1.89 bits per heavy atom. The molecule has 19 heavy (non-hydrogen) atoms. The first kappa shape index (κ1) is 11.8. The highest BCUT2D eigenvalue weighted by atomic mass is 14.7. The van der Waals surface area contributed by atoms with Crippen molar-refractivity contribution in [3.63, 3.8) is 0 Å². The van der Waals surface area contributed by atoms with Crippen molar-refractivity contribution in [2.45, 2.75) is 12.5 Å². The van der Waals surface area contributed by atoms with E-state index in [0.717, 1.165) is 17.5 Å². The predicted molar refractivity (Wildman–Crippen MR) is 76.6 cm³/mol. The van der Waals surface area contributed by atoms with Crippen LogP contribution in [0, 0.1) is 0 Å². The Labute approximate surface area is 112 Å². The molecule has 3 heteroatoms. The number of para-hydroxylation sites is 1. The largest absolute Gasteiger partial charge is 0.324 e. The maximum Gasteiger partial charge on any atom is 0.0704 e. The second-order valence-corrected chi connectivity index (χ2v) is 4.58. The molecule has 0 saturated heterocycles. The third-order valence-corrected chi connectivity index (χ3v) is 3.29. The van der Waals surface area contributed by atoms with Crippen LogP contribution in [0.15, 0.2) is 61.1 Å². The highest BCUT2D eigenvalue weighted by molar-refractivity contribution is 5.81. The van der Waals surface area contributed by atoms with Crippen LogP contribution in [0.5, 0.6) is 0 Å².